The van der Waals surface area contributed by atoms with Crippen LogP contribution in [0, 0.1) is 5.82 Å². The van der Waals surface area contributed by atoms with Crippen LogP contribution in [0.25, 0.3) is 0 Å². The molecular formula is C16H13BrClFO2. The fourth-order valence-electron chi connectivity index (χ4n) is 2.26. The Balaban J connectivity index is 1.83. The lowest BCUT2D eigenvalue weighted by Gasteiger charge is -2.21. The van der Waals surface area contributed by atoms with Crippen LogP contribution in [0.3, 0.4) is 0 Å². The molecule has 21 heavy (non-hydrogen) atoms. The van der Waals surface area contributed by atoms with E-state index in [1.807, 2.05) is 12.1 Å². The third-order valence-corrected chi connectivity index (χ3v) is 4.40. The molecule has 0 N–H and O–H groups in total. The molecule has 1 atom stereocenters. The lowest BCUT2D eigenvalue weighted by atomic mass is 10.0. The molecule has 3 rings (SSSR count). The zero-order chi connectivity index (χ0) is 14.8. The lowest BCUT2D eigenvalue weighted by molar-refractivity contribution is 0.171. The lowest BCUT2D eigenvalue weighted by Crippen LogP contribution is -2.15. The smallest absolute Gasteiger partial charge is 0.162 e. The van der Waals surface area contributed by atoms with Gasteiger partial charge in [0.25, 0.3) is 0 Å². The molecule has 0 amide bonds. The van der Waals surface area contributed by atoms with Gasteiger partial charge in [0, 0.05) is 4.47 Å². The minimum absolute atomic E-state index is 0.235. The minimum atomic E-state index is -0.245. The van der Waals surface area contributed by atoms with Gasteiger partial charge in [-0.1, -0.05) is 28.1 Å². The monoisotopic (exact) mass is 370 g/mol. The van der Waals surface area contributed by atoms with Crippen LogP contribution >= 0.6 is 27.5 Å². The number of hydrogen-bond acceptors (Lipinski definition) is 2. The molecule has 0 saturated heterocycles. The standard InChI is InChI=1S/C16H13BrClFO2/c17-13-9-16-15(20-5-6-21-16)8-12(13)14(18)7-10-1-3-11(19)4-2-10/h1-4,8-9,14H,5-7H2. The van der Waals surface area contributed by atoms with Crippen molar-refractivity contribution in [3.05, 3.63) is 57.8 Å². The zero-order valence-corrected chi connectivity index (χ0v) is 13.5. The molecule has 2 nitrogen and oxygen atoms in total. The average Bonchev–Trinajstić information content (AvgIpc) is 2.49. The number of ether oxygens (including phenoxy) is 2. The Kier molecular flexibility index (Phi) is 4.36. The Bertz CT molecular complexity index is 645. The molecule has 0 fully saturated rings. The van der Waals surface area contributed by atoms with Gasteiger partial charge >= 0.3 is 0 Å². The first-order chi connectivity index (χ1) is 10.1. The van der Waals surface area contributed by atoms with Crippen LogP contribution in [-0.4, -0.2) is 13.2 Å². The number of rotatable bonds is 3. The molecule has 1 heterocycles. The molecule has 0 saturated carbocycles. The fraction of sp³-hybridized carbons (Fsp3) is 0.250. The third kappa shape index (κ3) is 3.33. The summed E-state index contributed by atoms with van der Waals surface area (Å²) < 4.78 is 24.9. The van der Waals surface area contributed by atoms with E-state index >= 15 is 0 Å². The second-order valence-corrected chi connectivity index (χ2v) is 6.20. The van der Waals surface area contributed by atoms with Crippen molar-refractivity contribution in [1.82, 2.24) is 0 Å². The summed E-state index contributed by atoms with van der Waals surface area (Å²) in [4.78, 5) is 0. The highest BCUT2D eigenvalue weighted by Gasteiger charge is 2.19. The van der Waals surface area contributed by atoms with Crippen LogP contribution in [0.15, 0.2) is 40.9 Å². The average molecular weight is 372 g/mol. The summed E-state index contributed by atoms with van der Waals surface area (Å²) in [7, 11) is 0. The number of hydrogen-bond donors (Lipinski definition) is 0. The molecule has 0 aliphatic carbocycles. The maximum atomic E-state index is 12.9. The number of fused-ring (bicyclic) bond motifs is 1. The van der Waals surface area contributed by atoms with Crippen LogP contribution in [0.2, 0.25) is 0 Å². The topological polar surface area (TPSA) is 18.5 Å². The van der Waals surface area contributed by atoms with Crippen molar-refractivity contribution in [1.29, 1.82) is 0 Å². The summed E-state index contributed by atoms with van der Waals surface area (Å²) in [6.45, 7) is 1.09. The van der Waals surface area contributed by atoms with Gasteiger partial charge in [0.2, 0.25) is 0 Å². The van der Waals surface area contributed by atoms with Crippen LogP contribution < -0.4 is 9.47 Å². The zero-order valence-electron chi connectivity index (χ0n) is 11.1. The van der Waals surface area contributed by atoms with Gasteiger partial charge in [-0.2, -0.15) is 0 Å². The molecule has 0 radical (unpaired) electrons. The molecule has 0 bridgehead atoms. The quantitative estimate of drug-likeness (QED) is 0.716. The summed E-state index contributed by atoms with van der Waals surface area (Å²) in [6, 6.07) is 10.2. The van der Waals surface area contributed by atoms with Crippen LogP contribution in [-0.2, 0) is 6.42 Å². The molecule has 5 heteroatoms. The summed E-state index contributed by atoms with van der Waals surface area (Å²) >= 11 is 10.0. The maximum Gasteiger partial charge on any atom is 0.162 e. The predicted molar refractivity (Wildman–Crippen MR) is 83.8 cm³/mol. The van der Waals surface area contributed by atoms with Gasteiger partial charge < -0.3 is 9.47 Å². The van der Waals surface area contributed by atoms with E-state index < -0.39 is 0 Å². The van der Waals surface area contributed by atoms with Gasteiger partial charge in [-0.05, 0) is 41.8 Å². The number of alkyl halides is 1. The molecule has 0 aromatic heterocycles. The van der Waals surface area contributed by atoms with E-state index in [2.05, 4.69) is 15.9 Å². The Morgan fingerprint density at radius 2 is 1.71 bits per heavy atom. The minimum Gasteiger partial charge on any atom is -0.486 e. The van der Waals surface area contributed by atoms with Crippen molar-refractivity contribution < 1.29 is 13.9 Å². The van der Waals surface area contributed by atoms with Crippen molar-refractivity contribution in [3.63, 3.8) is 0 Å². The summed E-state index contributed by atoms with van der Waals surface area (Å²) in [5.74, 6) is 1.19. The normalized spacial score (nSPS) is 14.8. The second-order valence-electron chi connectivity index (χ2n) is 4.82. The van der Waals surface area contributed by atoms with Crippen molar-refractivity contribution in [2.75, 3.05) is 13.2 Å². The summed E-state index contributed by atoms with van der Waals surface area (Å²) in [6.07, 6.45) is 0.611. The van der Waals surface area contributed by atoms with Gasteiger partial charge in [0.15, 0.2) is 11.5 Å². The molecule has 1 aliphatic heterocycles. The first-order valence-corrected chi connectivity index (χ1v) is 7.84. The van der Waals surface area contributed by atoms with Crippen molar-refractivity contribution in [3.8, 4) is 11.5 Å². The Hall–Kier alpha value is -1.26. The molecule has 1 unspecified atom stereocenters. The van der Waals surface area contributed by atoms with Gasteiger partial charge in [0.05, 0.1) is 5.38 Å². The van der Waals surface area contributed by atoms with E-state index in [0.717, 1.165) is 21.3 Å². The van der Waals surface area contributed by atoms with Crippen molar-refractivity contribution in [2.45, 2.75) is 11.8 Å². The maximum absolute atomic E-state index is 12.9. The predicted octanol–water partition coefficient (Wildman–Crippen LogP) is 4.88. The fourth-order valence-corrected chi connectivity index (χ4v) is 3.35. The van der Waals surface area contributed by atoms with E-state index in [1.165, 1.54) is 12.1 Å². The van der Waals surface area contributed by atoms with Crippen molar-refractivity contribution >= 4 is 27.5 Å². The van der Waals surface area contributed by atoms with E-state index in [1.54, 1.807) is 12.1 Å². The van der Waals surface area contributed by atoms with E-state index in [9.17, 15) is 4.39 Å². The number of benzene rings is 2. The van der Waals surface area contributed by atoms with Crippen molar-refractivity contribution in [2.24, 2.45) is 0 Å². The van der Waals surface area contributed by atoms with E-state index in [4.69, 9.17) is 21.1 Å². The summed E-state index contributed by atoms with van der Waals surface area (Å²) in [5, 5.41) is -0.235. The van der Waals surface area contributed by atoms with Crippen LogP contribution in [0.4, 0.5) is 4.39 Å². The van der Waals surface area contributed by atoms with E-state index in [0.29, 0.717) is 25.4 Å². The molecule has 2 aromatic carbocycles. The van der Waals surface area contributed by atoms with Crippen LogP contribution in [0.1, 0.15) is 16.5 Å². The third-order valence-electron chi connectivity index (χ3n) is 3.33. The SMILES string of the molecule is Fc1ccc(CC(Cl)c2cc3c(cc2Br)OCCO3)cc1. The van der Waals surface area contributed by atoms with Gasteiger partial charge in [-0.15, -0.1) is 11.6 Å². The molecule has 110 valence electrons. The molecular weight excluding hydrogens is 359 g/mol. The molecule has 0 spiro atoms. The molecule has 2 aromatic rings. The highest BCUT2D eigenvalue weighted by Crippen LogP contribution is 2.40. The Morgan fingerprint density at radius 3 is 2.38 bits per heavy atom. The summed E-state index contributed by atoms with van der Waals surface area (Å²) in [5.41, 5.74) is 1.92. The highest BCUT2D eigenvalue weighted by molar-refractivity contribution is 9.10. The molecule has 1 aliphatic rings. The number of halogens is 3. The Morgan fingerprint density at radius 1 is 1.10 bits per heavy atom. The highest BCUT2D eigenvalue weighted by atomic mass is 79.9. The van der Waals surface area contributed by atoms with Gasteiger partial charge in [0.1, 0.15) is 19.0 Å². The van der Waals surface area contributed by atoms with Gasteiger partial charge in [-0.25, -0.2) is 4.39 Å². The largest absolute Gasteiger partial charge is 0.486 e. The first-order valence-electron chi connectivity index (χ1n) is 6.61. The van der Waals surface area contributed by atoms with Gasteiger partial charge in [-0.3, -0.25) is 0 Å². The first kappa shape index (κ1) is 14.7. The second kappa shape index (κ2) is 6.24. The van der Waals surface area contributed by atoms with Crippen LogP contribution in [0.5, 0.6) is 11.5 Å². The van der Waals surface area contributed by atoms with E-state index in [-0.39, 0.29) is 11.2 Å². The Labute approximate surface area is 136 Å².